The highest BCUT2D eigenvalue weighted by molar-refractivity contribution is 5.95. The molecule has 6 nitrogen and oxygen atoms in total. The number of benzene rings is 1. The molecular formula is C17H24N2O4. The molecule has 3 rings (SSSR count). The SMILES string of the molecule is CO[C@@H]1CCNC[C@@H]1NC(=O)c1cc(O)cc(OCC2CC2)c1. The van der Waals surface area contributed by atoms with Crippen LogP contribution in [0.25, 0.3) is 0 Å². The van der Waals surface area contributed by atoms with E-state index in [-0.39, 0.29) is 23.8 Å². The van der Waals surface area contributed by atoms with Crippen molar-refractivity contribution in [3.8, 4) is 11.5 Å². The molecule has 0 bridgehead atoms. The maximum Gasteiger partial charge on any atom is 0.251 e. The van der Waals surface area contributed by atoms with Gasteiger partial charge < -0.3 is 25.2 Å². The van der Waals surface area contributed by atoms with Crippen LogP contribution in [-0.2, 0) is 4.74 Å². The van der Waals surface area contributed by atoms with Gasteiger partial charge in [-0.3, -0.25) is 4.79 Å². The third kappa shape index (κ3) is 4.36. The van der Waals surface area contributed by atoms with E-state index in [9.17, 15) is 9.90 Å². The number of piperidine rings is 1. The van der Waals surface area contributed by atoms with Gasteiger partial charge in [0.2, 0.25) is 0 Å². The maximum atomic E-state index is 12.5. The molecule has 0 radical (unpaired) electrons. The number of methoxy groups -OCH3 is 1. The van der Waals surface area contributed by atoms with Crippen LogP contribution in [0, 0.1) is 5.92 Å². The number of rotatable bonds is 6. The summed E-state index contributed by atoms with van der Waals surface area (Å²) in [5.74, 6) is 0.957. The number of hydrogen-bond donors (Lipinski definition) is 3. The molecular weight excluding hydrogens is 296 g/mol. The van der Waals surface area contributed by atoms with Crippen LogP contribution < -0.4 is 15.4 Å². The molecule has 1 amide bonds. The largest absolute Gasteiger partial charge is 0.508 e. The molecule has 1 heterocycles. The molecule has 1 aliphatic carbocycles. The van der Waals surface area contributed by atoms with Crippen LogP contribution in [0.2, 0.25) is 0 Å². The van der Waals surface area contributed by atoms with E-state index < -0.39 is 0 Å². The van der Waals surface area contributed by atoms with Crippen molar-refractivity contribution in [1.82, 2.24) is 10.6 Å². The first-order valence-corrected chi connectivity index (χ1v) is 8.17. The van der Waals surface area contributed by atoms with E-state index in [0.29, 0.717) is 30.4 Å². The van der Waals surface area contributed by atoms with Gasteiger partial charge in [0.25, 0.3) is 5.91 Å². The first-order valence-electron chi connectivity index (χ1n) is 8.17. The third-order valence-electron chi connectivity index (χ3n) is 4.37. The van der Waals surface area contributed by atoms with E-state index in [1.165, 1.54) is 18.9 Å². The molecule has 2 atom stereocenters. The number of phenolic OH excluding ortho intramolecular Hbond substituents is 1. The number of ether oxygens (including phenoxy) is 2. The van der Waals surface area contributed by atoms with Crippen LogP contribution in [0.4, 0.5) is 0 Å². The van der Waals surface area contributed by atoms with Gasteiger partial charge >= 0.3 is 0 Å². The van der Waals surface area contributed by atoms with Crippen molar-refractivity contribution < 1.29 is 19.4 Å². The predicted molar refractivity (Wildman–Crippen MR) is 85.9 cm³/mol. The quantitative estimate of drug-likeness (QED) is 0.736. The summed E-state index contributed by atoms with van der Waals surface area (Å²) < 4.78 is 11.1. The molecule has 0 aromatic heterocycles. The minimum absolute atomic E-state index is 0.00287. The highest BCUT2D eigenvalue weighted by Gasteiger charge is 2.27. The number of carbonyl (C=O) groups is 1. The number of amides is 1. The molecule has 2 fully saturated rings. The summed E-state index contributed by atoms with van der Waals surface area (Å²) in [6, 6.07) is 4.59. The van der Waals surface area contributed by atoms with E-state index in [1.807, 2.05) is 0 Å². The third-order valence-corrected chi connectivity index (χ3v) is 4.37. The topological polar surface area (TPSA) is 79.8 Å². The van der Waals surface area contributed by atoms with E-state index in [1.54, 1.807) is 19.2 Å². The molecule has 0 unspecified atom stereocenters. The van der Waals surface area contributed by atoms with E-state index >= 15 is 0 Å². The summed E-state index contributed by atoms with van der Waals surface area (Å²) in [5.41, 5.74) is 0.399. The fourth-order valence-corrected chi connectivity index (χ4v) is 2.81. The Morgan fingerprint density at radius 2 is 2.17 bits per heavy atom. The fraction of sp³-hybridized carbons (Fsp3) is 0.588. The van der Waals surface area contributed by atoms with Crippen molar-refractivity contribution in [2.75, 3.05) is 26.8 Å². The average Bonchev–Trinajstić information content (AvgIpc) is 3.37. The Morgan fingerprint density at radius 3 is 2.91 bits per heavy atom. The van der Waals surface area contributed by atoms with Gasteiger partial charge in [-0.2, -0.15) is 0 Å². The second-order valence-corrected chi connectivity index (χ2v) is 6.32. The highest BCUT2D eigenvalue weighted by Crippen LogP contribution is 2.30. The fourth-order valence-electron chi connectivity index (χ4n) is 2.81. The van der Waals surface area contributed by atoms with Crippen molar-refractivity contribution in [3.05, 3.63) is 23.8 Å². The van der Waals surface area contributed by atoms with Gasteiger partial charge in [-0.25, -0.2) is 0 Å². The molecule has 1 saturated heterocycles. The lowest BCUT2D eigenvalue weighted by atomic mass is 10.0. The summed E-state index contributed by atoms with van der Waals surface area (Å²) in [6.45, 7) is 2.20. The Bertz CT molecular complexity index is 560. The summed E-state index contributed by atoms with van der Waals surface area (Å²) in [6.07, 6.45) is 3.25. The van der Waals surface area contributed by atoms with Crippen molar-refractivity contribution in [2.45, 2.75) is 31.4 Å². The lowest BCUT2D eigenvalue weighted by Gasteiger charge is -2.31. The van der Waals surface area contributed by atoms with Crippen molar-refractivity contribution in [2.24, 2.45) is 5.92 Å². The Morgan fingerprint density at radius 1 is 1.35 bits per heavy atom. The molecule has 1 aliphatic heterocycles. The Balaban J connectivity index is 1.65. The van der Waals surface area contributed by atoms with E-state index in [2.05, 4.69) is 10.6 Å². The van der Waals surface area contributed by atoms with Gasteiger partial charge in [0.05, 0.1) is 18.8 Å². The van der Waals surface area contributed by atoms with Gasteiger partial charge in [0.15, 0.2) is 0 Å². The number of phenols is 1. The maximum absolute atomic E-state index is 12.5. The zero-order valence-corrected chi connectivity index (χ0v) is 13.4. The minimum atomic E-state index is -0.229. The predicted octanol–water partition coefficient (Wildman–Crippen LogP) is 1.29. The standard InChI is InChI=1S/C17H24N2O4/c1-22-16-4-5-18-9-15(16)19-17(21)12-6-13(20)8-14(7-12)23-10-11-2-3-11/h6-8,11,15-16,18,20H,2-5,9-10H2,1H3,(H,19,21)/t15-,16+/m0/s1. The van der Waals surface area contributed by atoms with Crippen molar-refractivity contribution in [3.63, 3.8) is 0 Å². The first-order chi connectivity index (χ1) is 11.2. The molecule has 1 saturated carbocycles. The van der Waals surface area contributed by atoms with Crippen LogP contribution in [0.3, 0.4) is 0 Å². The first kappa shape index (κ1) is 16.1. The normalized spacial score (nSPS) is 24.2. The Kier molecular flexibility index (Phi) is 5.03. The summed E-state index contributed by atoms with van der Waals surface area (Å²) in [5, 5.41) is 16.1. The minimum Gasteiger partial charge on any atom is -0.508 e. The molecule has 2 aliphatic rings. The lowest BCUT2D eigenvalue weighted by Crippen LogP contribution is -2.54. The zero-order valence-electron chi connectivity index (χ0n) is 13.4. The summed E-state index contributed by atoms with van der Waals surface area (Å²) in [4.78, 5) is 12.5. The summed E-state index contributed by atoms with van der Waals surface area (Å²) in [7, 11) is 1.66. The molecule has 126 valence electrons. The molecule has 0 spiro atoms. The van der Waals surface area contributed by atoms with Crippen LogP contribution >= 0.6 is 0 Å². The highest BCUT2D eigenvalue weighted by atomic mass is 16.5. The number of aromatic hydroxyl groups is 1. The lowest BCUT2D eigenvalue weighted by molar-refractivity contribution is 0.0448. The van der Waals surface area contributed by atoms with Gasteiger partial charge in [0, 0.05) is 25.3 Å². The second-order valence-electron chi connectivity index (χ2n) is 6.32. The number of nitrogens with one attached hydrogen (secondary N) is 2. The smallest absolute Gasteiger partial charge is 0.251 e. The Labute approximate surface area is 136 Å². The van der Waals surface area contributed by atoms with Gasteiger partial charge in [-0.1, -0.05) is 0 Å². The van der Waals surface area contributed by atoms with E-state index in [4.69, 9.17) is 9.47 Å². The number of carbonyl (C=O) groups excluding carboxylic acids is 1. The van der Waals surface area contributed by atoms with Gasteiger partial charge in [-0.05, 0) is 43.9 Å². The second kappa shape index (κ2) is 7.19. The molecule has 6 heteroatoms. The molecule has 23 heavy (non-hydrogen) atoms. The van der Waals surface area contributed by atoms with Crippen molar-refractivity contribution in [1.29, 1.82) is 0 Å². The zero-order chi connectivity index (χ0) is 16.2. The average molecular weight is 320 g/mol. The van der Waals surface area contributed by atoms with E-state index in [0.717, 1.165) is 13.0 Å². The molecule has 3 N–H and O–H groups in total. The van der Waals surface area contributed by atoms with Gasteiger partial charge in [0.1, 0.15) is 11.5 Å². The van der Waals surface area contributed by atoms with Crippen LogP contribution in [0.1, 0.15) is 29.6 Å². The van der Waals surface area contributed by atoms with Crippen LogP contribution in [0.5, 0.6) is 11.5 Å². The number of hydrogen-bond acceptors (Lipinski definition) is 5. The van der Waals surface area contributed by atoms with Crippen molar-refractivity contribution >= 4 is 5.91 Å². The molecule has 1 aromatic rings. The monoisotopic (exact) mass is 320 g/mol. The van der Waals surface area contributed by atoms with Gasteiger partial charge in [-0.15, -0.1) is 0 Å². The summed E-state index contributed by atoms with van der Waals surface area (Å²) >= 11 is 0. The Hall–Kier alpha value is -1.79. The van der Waals surface area contributed by atoms with Crippen LogP contribution in [0.15, 0.2) is 18.2 Å². The molecule has 1 aromatic carbocycles. The van der Waals surface area contributed by atoms with Crippen LogP contribution in [-0.4, -0.2) is 50.0 Å².